The molecule has 2 rings (SSSR count). The summed E-state index contributed by atoms with van der Waals surface area (Å²) in [6.45, 7) is 9.31. The van der Waals surface area contributed by atoms with Gasteiger partial charge in [-0.1, -0.05) is 31.5 Å². The number of likely N-dealkylation sites (N-methyl/N-ethyl adjacent to an activating group) is 1. The third kappa shape index (κ3) is 4.16. The summed E-state index contributed by atoms with van der Waals surface area (Å²) in [5.74, 6) is 0.253. The SMILES string of the molecule is Cc1ccc(C)c(C(=O)CN(C)C2CCC(C)(C)CC2)c1. The Morgan fingerprint density at radius 2 is 1.86 bits per heavy atom. The highest BCUT2D eigenvalue weighted by Crippen LogP contribution is 2.36. The fourth-order valence-electron chi connectivity index (χ4n) is 3.30. The van der Waals surface area contributed by atoms with E-state index in [0.717, 1.165) is 16.7 Å². The van der Waals surface area contributed by atoms with Crippen LogP contribution in [0.25, 0.3) is 0 Å². The normalized spacial score (nSPS) is 19.0. The van der Waals surface area contributed by atoms with Gasteiger partial charge in [-0.3, -0.25) is 9.69 Å². The summed E-state index contributed by atoms with van der Waals surface area (Å²) in [7, 11) is 2.10. The second kappa shape index (κ2) is 6.31. The van der Waals surface area contributed by atoms with Gasteiger partial charge in [-0.05, 0) is 63.6 Å². The molecule has 1 aliphatic carbocycles. The average Bonchev–Trinajstić information content (AvgIpc) is 2.41. The maximum absolute atomic E-state index is 12.6. The van der Waals surface area contributed by atoms with Crippen LogP contribution in [0.5, 0.6) is 0 Å². The topological polar surface area (TPSA) is 20.3 Å². The molecule has 1 aliphatic rings. The molecule has 0 N–H and O–H groups in total. The Bertz CT molecular complexity index is 508. The second-order valence-corrected chi connectivity index (χ2v) is 7.55. The fourth-order valence-corrected chi connectivity index (χ4v) is 3.30. The van der Waals surface area contributed by atoms with Crippen molar-refractivity contribution in [1.29, 1.82) is 0 Å². The molecule has 0 bridgehead atoms. The third-order valence-electron chi connectivity index (χ3n) is 5.02. The molecule has 1 aromatic rings. The number of hydrogen-bond acceptors (Lipinski definition) is 2. The van der Waals surface area contributed by atoms with Gasteiger partial charge in [-0.15, -0.1) is 0 Å². The van der Waals surface area contributed by atoms with Gasteiger partial charge in [-0.2, -0.15) is 0 Å². The first kappa shape index (κ1) is 16.2. The van der Waals surface area contributed by atoms with Crippen LogP contribution in [0.3, 0.4) is 0 Å². The molecule has 0 aliphatic heterocycles. The van der Waals surface area contributed by atoms with Crippen LogP contribution in [0.2, 0.25) is 0 Å². The first-order valence-electron chi connectivity index (χ1n) is 8.09. The molecule has 0 atom stereocenters. The van der Waals surface area contributed by atoms with E-state index >= 15 is 0 Å². The van der Waals surface area contributed by atoms with Crippen LogP contribution in [-0.2, 0) is 0 Å². The maximum Gasteiger partial charge on any atom is 0.177 e. The zero-order valence-electron chi connectivity index (χ0n) is 14.2. The Morgan fingerprint density at radius 3 is 2.48 bits per heavy atom. The number of ketones is 1. The van der Waals surface area contributed by atoms with Crippen molar-refractivity contribution in [3.8, 4) is 0 Å². The summed E-state index contributed by atoms with van der Waals surface area (Å²) in [4.78, 5) is 14.8. The van der Waals surface area contributed by atoms with E-state index < -0.39 is 0 Å². The van der Waals surface area contributed by atoms with Crippen molar-refractivity contribution in [3.63, 3.8) is 0 Å². The van der Waals surface area contributed by atoms with Crippen LogP contribution < -0.4 is 0 Å². The largest absolute Gasteiger partial charge is 0.296 e. The monoisotopic (exact) mass is 287 g/mol. The minimum absolute atomic E-state index is 0.253. The summed E-state index contributed by atoms with van der Waals surface area (Å²) in [6.07, 6.45) is 4.95. The zero-order chi connectivity index (χ0) is 15.6. The molecular weight excluding hydrogens is 258 g/mol. The van der Waals surface area contributed by atoms with Gasteiger partial charge in [0.05, 0.1) is 6.54 Å². The van der Waals surface area contributed by atoms with Gasteiger partial charge in [0.15, 0.2) is 5.78 Å². The van der Waals surface area contributed by atoms with Crippen LogP contribution in [-0.4, -0.2) is 30.3 Å². The number of aryl methyl sites for hydroxylation is 2. The highest BCUT2D eigenvalue weighted by atomic mass is 16.1. The maximum atomic E-state index is 12.6. The fraction of sp³-hybridized carbons (Fsp3) is 0.632. The van der Waals surface area contributed by atoms with Gasteiger partial charge >= 0.3 is 0 Å². The highest BCUT2D eigenvalue weighted by molar-refractivity contribution is 5.99. The zero-order valence-corrected chi connectivity index (χ0v) is 14.2. The molecule has 0 spiro atoms. The van der Waals surface area contributed by atoms with Gasteiger partial charge in [-0.25, -0.2) is 0 Å². The number of hydrogen-bond donors (Lipinski definition) is 0. The lowest BCUT2D eigenvalue weighted by Crippen LogP contribution is -2.40. The third-order valence-corrected chi connectivity index (χ3v) is 5.02. The standard InChI is InChI=1S/C19H29NO/c1-14-6-7-15(2)17(12-14)18(21)13-20(5)16-8-10-19(3,4)11-9-16/h6-7,12,16H,8-11,13H2,1-5H3. The molecule has 0 amide bonds. The van der Waals surface area contributed by atoms with E-state index in [1.54, 1.807) is 0 Å². The van der Waals surface area contributed by atoms with Crippen molar-refractivity contribution in [2.75, 3.05) is 13.6 Å². The van der Waals surface area contributed by atoms with Crippen LogP contribution in [0.15, 0.2) is 18.2 Å². The van der Waals surface area contributed by atoms with E-state index in [1.165, 1.54) is 25.7 Å². The second-order valence-electron chi connectivity index (χ2n) is 7.55. The predicted molar refractivity (Wildman–Crippen MR) is 88.9 cm³/mol. The molecule has 1 aromatic carbocycles. The van der Waals surface area contributed by atoms with Crippen molar-refractivity contribution in [2.24, 2.45) is 5.41 Å². The van der Waals surface area contributed by atoms with Crippen LogP contribution >= 0.6 is 0 Å². The summed E-state index contributed by atoms with van der Waals surface area (Å²) >= 11 is 0. The molecule has 0 radical (unpaired) electrons. The van der Waals surface area contributed by atoms with Crippen LogP contribution in [0.1, 0.15) is 61.0 Å². The van der Waals surface area contributed by atoms with Gasteiger partial charge in [0.2, 0.25) is 0 Å². The van der Waals surface area contributed by atoms with E-state index in [2.05, 4.69) is 31.9 Å². The highest BCUT2D eigenvalue weighted by Gasteiger charge is 2.29. The minimum atomic E-state index is 0.253. The van der Waals surface area contributed by atoms with E-state index in [-0.39, 0.29) is 5.78 Å². The molecule has 2 heteroatoms. The van der Waals surface area contributed by atoms with Gasteiger partial charge < -0.3 is 0 Å². The number of carbonyl (C=O) groups is 1. The van der Waals surface area contributed by atoms with Gasteiger partial charge in [0, 0.05) is 11.6 Å². The summed E-state index contributed by atoms with van der Waals surface area (Å²) < 4.78 is 0. The molecule has 0 heterocycles. The number of nitrogens with zero attached hydrogens (tertiary/aromatic N) is 1. The van der Waals surface area contributed by atoms with E-state index in [4.69, 9.17) is 0 Å². The molecule has 2 nitrogen and oxygen atoms in total. The Balaban J connectivity index is 1.98. The van der Waals surface area contributed by atoms with Gasteiger partial charge in [0.25, 0.3) is 0 Å². The summed E-state index contributed by atoms with van der Waals surface area (Å²) in [5.41, 5.74) is 3.61. The smallest absolute Gasteiger partial charge is 0.177 e. The lowest BCUT2D eigenvalue weighted by Gasteiger charge is -2.38. The van der Waals surface area contributed by atoms with Crippen molar-refractivity contribution < 1.29 is 4.79 Å². The lowest BCUT2D eigenvalue weighted by molar-refractivity contribution is 0.0851. The van der Waals surface area contributed by atoms with E-state index in [1.807, 2.05) is 26.0 Å². The number of Topliss-reactive ketones (excluding diaryl/α,β-unsaturated/α-hetero) is 1. The van der Waals surface area contributed by atoms with Crippen molar-refractivity contribution in [3.05, 3.63) is 34.9 Å². The van der Waals surface area contributed by atoms with Gasteiger partial charge in [0.1, 0.15) is 0 Å². The Labute approximate surface area is 129 Å². The molecule has 116 valence electrons. The molecule has 0 aromatic heterocycles. The molecule has 1 saturated carbocycles. The molecular formula is C19H29NO. The summed E-state index contributed by atoms with van der Waals surface area (Å²) in [6, 6.07) is 6.70. The van der Waals surface area contributed by atoms with Crippen molar-refractivity contribution >= 4 is 5.78 Å². The number of rotatable bonds is 4. The number of carbonyl (C=O) groups excluding carboxylic acids is 1. The molecule has 0 unspecified atom stereocenters. The van der Waals surface area contributed by atoms with Crippen LogP contribution in [0, 0.1) is 19.3 Å². The lowest BCUT2D eigenvalue weighted by atomic mass is 9.75. The molecule has 0 saturated heterocycles. The Kier molecular flexibility index (Phi) is 4.88. The van der Waals surface area contributed by atoms with E-state index in [0.29, 0.717) is 18.0 Å². The van der Waals surface area contributed by atoms with Crippen molar-refractivity contribution in [2.45, 2.75) is 59.4 Å². The van der Waals surface area contributed by atoms with Crippen molar-refractivity contribution in [1.82, 2.24) is 4.90 Å². The molecule has 21 heavy (non-hydrogen) atoms. The predicted octanol–water partition coefficient (Wildman–Crippen LogP) is 4.39. The first-order valence-corrected chi connectivity index (χ1v) is 8.09. The Hall–Kier alpha value is -1.15. The molecule has 1 fully saturated rings. The van der Waals surface area contributed by atoms with Crippen LogP contribution in [0.4, 0.5) is 0 Å². The quantitative estimate of drug-likeness (QED) is 0.766. The minimum Gasteiger partial charge on any atom is -0.296 e. The Morgan fingerprint density at radius 1 is 1.24 bits per heavy atom. The van der Waals surface area contributed by atoms with E-state index in [9.17, 15) is 4.79 Å². The average molecular weight is 287 g/mol. The number of benzene rings is 1. The summed E-state index contributed by atoms with van der Waals surface area (Å²) in [5, 5.41) is 0. The first-order chi connectivity index (χ1) is 9.78.